The number of anilines is 1. The van der Waals surface area contributed by atoms with E-state index in [1.54, 1.807) is 0 Å². The number of rotatable bonds is 4. The van der Waals surface area contributed by atoms with Crippen LogP contribution in [-0.2, 0) is 13.0 Å². The van der Waals surface area contributed by atoms with Crippen LogP contribution in [0.3, 0.4) is 0 Å². The van der Waals surface area contributed by atoms with Crippen molar-refractivity contribution in [1.82, 2.24) is 14.9 Å². The molecule has 4 rings (SSSR count). The molecule has 134 valence electrons. The van der Waals surface area contributed by atoms with Crippen molar-refractivity contribution in [2.75, 3.05) is 31.1 Å². The van der Waals surface area contributed by atoms with Gasteiger partial charge in [0.25, 0.3) is 5.56 Å². The van der Waals surface area contributed by atoms with E-state index in [0.717, 1.165) is 61.3 Å². The van der Waals surface area contributed by atoms with Gasteiger partial charge in [0.15, 0.2) is 0 Å². The van der Waals surface area contributed by atoms with Gasteiger partial charge in [-0.25, -0.2) is 0 Å². The van der Waals surface area contributed by atoms with E-state index < -0.39 is 0 Å². The fourth-order valence-electron chi connectivity index (χ4n) is 3.58. The summed E-state index contributed by atoms with van der Waals surface area (Å²) in [5.41, 5.74) is 4.91. The molecule has 1 fully saturated rings. The summed E-state index contributed by atoms with van der Waals surface area (Å²) in [6.45, 7) is 6.96. The summed E-state index contributed by atoms with van der Waals surface area (Å²) in [5.74, 6) is 0. The quantitative estimate of drug-likeness (QED) is 0.788. The van der Waals surface area contributed by atoms with E-state index in [4.69, 9.17) is 0 Å². The first kappa shape index (κ1) is 16.8. The first-order valence-electron chi connectivity index (χ1n) is 9.26. The fraction of sp³-hybridized carbons (Fsp3) is 0.333. The Labute approximate surface area is 153 Å². The average Bonchev–Trinajstić information content (AvgIpc) is 2.69. The monoisotopic (exact) mass is 348 g/mol. The summed E-state index contributed by atoms with van der Waals surface area (Å²) in [6, 6.07) is 14.5. The molecule has 0 atom stereocenters. The Kier molecular flexibility index (Phi) is 4.71. The number of aromatic nitrogens is 2. The Morgan fingerprint density at radius 2 is 1.85 bits per heavy atom. The van der Waals surface area contributed by atoms with Gasteiger partial charge in [0.1, 0.15) is 0 Å². The van der Waals surface area contributed by atoms with Gasteiger partial charge in [0.2, 0.25) is 0 Å². The number of nitrogens with one attached hydrogen (secondary N) is 1. The Hall–Kier alpha value is -2.66. The minimum absolute atomic E-state index is 0.00424. The molecule has 26 heavy (non-hydrogen) atoms. The van der Waals surface area contributed by atoms with Crippen molar-refractivity contribution in [3.63, 3.8) is 0 Å². The summed E-state index contributed by atoms with van der Waals surface area (Å²) in [5, 5.41) is 0. The molecule has 0 spiro atoms. The highest BCUT2D eigenvalue weighted by Gasteiger charge is 2.17. The summed E-state index contributed by atoms with van der Waals surface area (Å²) in [6.07, 6.45) is 2.66. The Balaban J connectivity index is 1.44. The lowest BCUT2D eigenvalue weighted by Crippen LogP contribution is -2.45. The predicted octanol–water partition coefficient (Wildman–Crippen LogP) is 2.81. The van der Waals surface area contributed by atoms with Crippen LogP contribution in [0, 0.1) is 0 Å². The number of hydrogen-bond acceptors (Lipinski definition) is 4. The van der Waals surface area contributed by atoms with Crippen molar-refractivity contribution in [3.05, 3.63) is 70.1 Å². The lowest BCUT2D eigenvalue weighted by atomic mass is 10.1. The van der Waals surface area contributed by atoms with E-state index in [-0.39, 0.29) is 5.56 Å². The third-order valence-corrected chi connectivity index (χ3v) is 5.11. The van der Waals surface area contributed by atoms with Gasteiger partial charge in [-0.15, -0.1) is 0 Å². The number of hydrogen-bond donors (Lipinski definition) is 1. The molecule has 1 N–H and O–H groups in total. The van der Waals surface area contributed by atoms with Gasteiger partial charge in [0, 0.05) is 50.2 Å². The van der Waals surface area contributed by atoms with Gasteiger partial charge in [-0.1, -0.05) is 25.1 Å². The molecule has 0 amide bonds. The fourth-order valence-corrected chi connectivity index (χ4v) is 3.58. The van der Waals surface area contributed by atoms with Crippen molar-refractivity contribution >= 4 is 16.7 Å². The second-order valence-electron chi connectivity index (χ2n) is 6.85. The van der Waals surface area contributed by atoms with E-state index >= 15 is 0 Å². The number of nitrogens with zero attached hydrogens (tertiary/aromatic N) is 3. The van der Waals surface area contributed by atoms with E-state index in [1.807, 2.05) is 19.2 Å². The largest absolute Gasteiger partial charge is 0.369 e. The summed E-state index contributed by atoms with van der Waals surface area (Å²) in [4.78, 5) is 24.4. The Morgan fingerprint density at radius 1 is 1.08 bits per heavy atom. The summed E-state index contributed by atoms with van der Waals surface area (Å²) >= 11 is 0. The zero-order valence-corrected chi connectivity index (χ0v) is 15.1. The van der Waals surface area contributed by atoms with Crippen LogP contribution in [0.15, 0.2) is 53.5 Å². The number of para-hydroxylation sites is 1. The second-order valence-corrected chi connectivity index (χ2v) is 6.85. The van der Waals surface area contributed by atoms with Crippen molar-refractivity contribution in [3.8, 4) is 0 Å². The molecule has 0 unspecified atom stereocenters. The van der Waals surface area contributed by atoms with Crippen LogP contribution in [0.2, 0.25) is 0 Å². The maximum absolute atomic E-state index is 12.0. The Morgan fingerprint density at radius 3 is 2.58 bits per heavy atom. The van der Waals surface area contributed by atoms with Gasteiger partial charge in [-0.3, -0.25) is 14.7 Å². The van der Waals surface area contributed by atoms with Crippen LogP contribution in [-0.4, -0.2) is 41.0 Å². The number of pyridine rings is 2. The molecule has 0 saturated carbocycles. The first-order valence-corrected chi connectivity index (χ1v) is 9.26. The molecule has 5 nitrogen and oxygen atoms in total. The van der Waals surface area contributed by atoms with Crippen LogP contribution in [0.4, 0.5) is 5.69 Å². The second kappa shape index (κ2) is 7.30. The van der Waals surface area contributed by atoms with E-state index in [2.05, 4.69) is 56.2 Å². The smallest absolute Gasteiger partial charge is 0.251 e. The van der Waals surface area contributed by atoms with Gasteiger partial charge >= 0.3 is 0 Å². The molecule has 0 aliphatic carbocycles. The van der Waals surface area contributed by atoms with E-state index in [0.29, 0.717) is 0 Å². The SMILES string of the molecule is CCc1cc2ncc(CN3CCN(c4ccccc4)CC3)cc2[nH]c1=O. The van der Waals surface area contributed by atoms with Crippen molar-refractivity contribution in [1.29, 1.82) is 0 Å². The van der Waals surface area contributed by atoms with Crippen LogP contribution in [0.25, 0.3) is 11.0 Å². The number of aromatic amines is 1. The zero-order valence-electron chi connectivity index (χ0n) is 15.1. The summed E-state index contributed by atoms with van der Waals surface area (Å²) < 4.78 is 0. The molecule has 2 aromatic heterocycles. The zero-order chi connectivity index (χ0) is 17.9. The normalized spacial score (nSPS) is 15.5. The van der Waals surface area contributed by atoms with Crippen LogP contribution < -0.4 is 10.5 Å². The number of benzene rings is 1. The lowest BCUT2D eigenvalue weighted by molar-refractivity contribution is 0.249. The maximum Gasteiger partial charge on any atom is 0.251 e. The van der Waals surface area contributed by atoms with Gasteiger partial charge in [-0.05, 0) is 36.2 Å². The van der Waals surface area contributed by atoms with Crippen LogP contribution >= 0.6 is 0 Å². The molecule has 1 saturated heterocycles. The number of H-pyrrole nitrogens is 1. The van der Waals surface area contributed by atoms with Gasteiger partial charge < -0.3 is 9.88 Å². The molecule has 0 bridgehead atoms. The number of piperazine rings is 1. The topological polar surface area (TPSA) is 52.2 Å². The Bertz CT molecular complexity index is 943. The maximum atomic E-state index is 12.0. The summed E-state index contributed by atoms with van der Waals surface area (Å²) in [7, 11) is 0. The van der Waals surface area contributed by atoms with E-state index in [1.165, 1.54) is 5.69 Å². The van der Waals surface area contributed by atoms with Crippen LogP contribution in [0.1, 0.15) is 18.1 Å². The molecule has 1 aliphatic rings. The first-order chi connectivity index (χ1) is 12.7. The molecule has 1 aliphatic heterocycles. The molecule has 1 aromatic carbocycles. The average molecular weight is 348 g/mol. The number of aryl methyl sites for hydroxylation is 1. The third kappa shape index (κ3) is 3.48. The van der Waals surface area contributed by atoms with Crippen molar-refractivity contribution < 1.29 is 0 Å². The highest BCUT2D eigenvalue weighted by atomic mass is 16.1. The minimum atomic E-state index is -0.00424. The highest BCUT2D eigenvalue weighted by Crippen LogP contribution is 2.17. The van der Waals surface area contributed by atoms with Crippen LogP contribution in [0.5, 0.6) is 0 Å². The molecule has 3 heterocycles. The third-order valence-electron chi connectivity index (χ3n) is 5.11. The van der Waals surface area contributed by atoms with Crippen molar-refractivity contribution in [2.24, 2.45) is 0 Å². The lowest BCUT2D eigenvalue weighted by Gasteiger charge is -2.36. The molecular weight excluding hydrogens is 324 g/mol. The van der Waals surface area contributed by atoms with Gasteiger partial charge in [0.05, 0.1) is 11.0 Å². The van der Waals surface area contributed by atoms with Crippen molar-refractivity contribution in [2.45, 2.75) is 19.9 Å². The predicted molar refractivity (Wildman–Crippen MR) is 106 cm³/mol. The molecular formula is C21H24N4O. The molecule has 3 aromatic rings. The minimum Gasteiger partial charge on any atom is -0.369 e. The molecule has 5 heteroatoms. The van der Waals surface area contributed by atoms with E-state index in [9.17, 15) is 4.79 Å². The molecule has 0 radical (unpaired) electrons. The highest BCUT2D eigenvalue weighted by molar-refractivity contribution is 5.74. The van der Waals surface area contributed by atoms with Gasteiger partial charge in [-0.2, -0.15) is 0 Å². The standard InChI is InChI=1S/C21H24N4O/c1-2-17-13-19-20(23-21(17)26)12-16(14-22-19)15-24-8-10-25(11-9-24)18-6-4-3-5-7-18/h3-7,12-14H,2,8-11,15H2,1H3,(H,23,26). The number of fused-ring (bicyclic) bond motifs is 1.